The van der Waals surface area contributed by atoms with E-state index in [1.807, 2.05) is 13.0 Å². The Balaban J connectivity index is 1.54. The second-order valence-electron chi connectivity index (χ2n) is 6.36. The van der Waals surface area contributed by atoms with Crippen LogP contribution in [0.5, 0.6) is 17.2 Å². The van der Waals surface area contributed by atoms with E-state index in [0.29, 0.717) is 40.5 Å². The Kier molecular flexibility index (Phi) is 5.12. The van der Waals surface area contributed by atoms with Crippen molar-refractivity contribution in [3.63, 3.8) is 0 Å². The van der Waals surface area contributed by atoms with E-state index in [-0.39, 0.29) is 11.5 Å². The third-order valence-corrected chi connectivity index (χ3v) is 4.33. The van der Waals surface area contributed by atoms with E-state index >= 15 is 0 Å². The summed E-state index contributed by atoms with van der Waals surface area (Å²) in [6, 6.07) is 20.8. The lowest BCUT2D eigenvalue weighted by molar-refractivity contribution is 0.0734. The molecule has 1 heterocycles. The number of hydrogen-bond acceptors (Lipinski definition) is 5. The zero-order valence-electron chi connectivity index (χ0n) is 15.8. The molecule has 3 aromatic carbocycles. The van der Waals surface area contributed by atoms with Gasteiger partial charge in [-0.05, 0) is 55.0 Å². The molecule has 5 heteroatoms. The van der Waals surface area contributed by atoms with Crippen molar-refractivity contribution in [1.29, 1.82) is 0 Å². The van der Waals surface area contributed by atoms with Gasteiger partial charge in [0.15, 0.2) is 5.76 Å². The fraction of sp³-hybridized carbons (Fsp3) is 0.0833. The van der Waals surface area contributed by atoms with Gasteiger partial charge in [-0.1, -0.05) is 30.3 Å². The van der Waals surface area contributed by atoms with Gasteiger partial charge in [-0.15, -0.1) is 0 Å². The molecular formula is C24H18O5. The van der Waals surface area contributed by atoms with E-state index in [4.69, 9.17) is 14.2 Å². The van der Waals surface area contributed by atoms with Crippen LogP contribution in [-0.4, -0.2) is 18.4 Å². The van der Waals surface area contributed by atoms with Crippen LogP contribution < -0.4 is 14.2 Å². The number of esters is 1. The predicted octanol–water partition coefficient (Wildman–Crippen LogP) is 4.92. The molecule has 0 amide bonds. The molecule has 0 radical (unpaired) electrons. The minimum atomic E-state index is -0.445. The van der Waals surface area contributed by atoms with Crippen molar-refractivity contribution >= 4 is 17.8 Å². The summed E-state index contributed by atoms with van der Waals surface area (Å²) < 4.78 is 16.6. The Morgan fingerprint density at radius 2 is 1.79 bits per heavy atom. The third-order valence-electron chi connectivity index (χ3n) is 4.33. The molecular weight excluding hydrogens is 368 g/mol. The van der Waals surface area contributed by atoms with Crippen LogP contribution in [0.4, 0.5) is 0 Å². The van der Waals surface area contributed by atoms with E-state index in [1.165, 1.54) is 0 Å². The number of hydrogen-bond donors (Lipinski definition) is 0. The summed E-state index contributed by atoms with van der Waals surface area (Å²) in [5, 5.41) is 0. The van der Waals surface area contributed by atoms with Crippen molar-refractivity contribution < 1.29 is 23.8 Å². The van der Waals surface area contributed by atoms with Crippen LogP contribution in [0.3, 0.4) is 0 Å². The summed E-state index contributed by atoms with van der Waals surface area (Å²) in [7, 11) is 0. The van der Waals surface area contributed by atoms with E-state index in [1.54, 1.807) is 72.8 Å². The molecule has 0 atom stereocenters. The van der Waals surface area contributed by atoms with Gasteiger partial charge in [-0.2, -0.15) is 0 Å². The summed E-state index contributed by atoms with van der Waals surface area (Å²) in [5.41, 5.74) is 1.64. The maximum Gasteiger partial charge on any atom is 0.343 e. The Labute approximate surface area is 168 Å². The van der Waals surface area contributed by atoms with Crippen molar-refractivity contribution in [2.75, 3.05) is 6.61 Å². The summed E-state index contributed by atoms with van der Waals surface area (Å²) in [6.45, 7) is 2.42. The molecule has 1 aliphatic rings. The number of ether oxygens (including phenoxy) is 3. The zero-order valence-corrected chi connectivity index (χ0v) is 15.8. The van der Waals surface area contributed by atoms with Crippen molar-refractivity contribution in [2.45, 2.75) is 6.92 Å². The number of fused-ring (bicyclic) bond motifs is 1. The Hall–Kier alpha value is -3.86. The standard InChI is InChI=1S/C24H18O5/c1-2-27-18-11-12-20-21(15-18)29-22(23(20)25)14-16-7-6-10-19(13-16)28-24(26)17-8-4-3-5-9-17/h3-15H,2H2,1H3/b22-14-. The molecule has 0 unspecified atom stereocenters. The lowest BCUT2D eigenvalue weighted by atomic mass is 10.1. The zero-order chi connectivity index (χ0) is 20.2. The highest BCUT2D eigenvalue weighted by molar-refractivity contribution is 6.14. The number of rotatable bonds is 5. The topological polar surface area (TPSA) is 61.8 Å². The number of allylic oxidation sites excluding steroid dienone is 1. The van der Waals surface area contributed by atoms with E-state index < -0.39 is 5.97 Å². The summed E-state index contributed by atoms with van der Waals surface area (Å²) >= 11 is 0. The fourth-order valence-corrected chi connectivity index (χ4v) is 2.98. The number of benzene rings is 3. The first-order chi connectivity index (χ1) is 14.1. The normalized spacial score (nSPS) is 13.7. The molecule has 0 aromatic heterocycles. The van der Waals surface area contributed by atoms with Gasteiger partial charge in [0.05, 0.1) is 17.7 Å². The predicted molar refractivity (Wildman–Crippen MR) is 108 cm³/mol. The molecule has 0 spiro atoms. The minimum Gasteiger partial charge on any atom is -0.494 e. The molecule has 0 fully saturated rings. The van der Waals surface area contributed by atoms with Gasteiger partial charge in [0, 0.05) is 6.07 Å². The van der Waals surface area contributed by atoms with Crippen molar-refractivity contribution in [2.24, 2.45) is 0 Å². The first-order valence-electron chi connectivity index (χ1n) is 9.22. The monoisotopic (exact) mass is 386 g/mol. The average Bonchev–Trinajstić information content (AvgIpc) is 3.04. The van der Waals surface area contributed by atoms with Gasteiger partial charge < -0.3 is 14.2 Å². The first kappa shape index (κ1) is 18.5. The Morgan fingerprint density at radius 3 is 2.59 bits per heavy atom. The molecule has 144 valence electrons. The maximum absolute atomic E-state index is 12.6. The van der Waals surface area contributed by atoms with Gasteiger partial charge >= 0.3 is 5.97 Å². The van der Waals surface area contributed by atoms with Gasteiger partial charge in [0.1, 0.15) is 17.2 Å². The van der Waals surface area contributed by atoms with Gasteiger partial charge in [-0.3, -0.25) is 4.79 Å². The molecule has 0 bridgehead atoms. The quantitative estimate of drug-likeness (QED) is 0.354. The van der Waals surface area contributed by atoms with Gasteiger partial charge in [-0.25, -0.2) is 4.79 Å². The van der Waals surface area contributed by atoms with Crippen LogP contribution in [0, 0.1) is 0 Å². The molecule has 0 aliphatic carbocycles. The molecule has 29 heavy (non-hydrogen) atoms. The second-order valence-corrected chi connectivity index (χ2v) is 6.36. The van der Waals surface area contributed by atoms with Crippen molar-refractivity contribution in [3.8, 4) is 17.2 Å². The van der Waals surface area contributed by atoms with Gasteiger partial charge in [0.2, 0.25) is 5.78 Å². The van der Waals surface area contributed by atoms with Crippen molar-refractivity contribution in [1.82, 2.24) is 0 Å². The van der Waals surface area contributed by atoms with Crippen LogP contribution in [0.15, 0.2) is 78.6 Å². The van der Waals surface area contributed by atoms with Crippen LogP contribution in [0.25, 0.3) is 6.08 Å². The largest absolute Gasteiger partial charge is 0.494 e. The molecule has 3 aromatic rings. The first-order valence-corrected chi connectivity index (χ1v) is 9.22. The third kappa shape index (κ3) is 4.04. The number of carbonyl (C=O) groups excluding carboxylic acids is 2. The van der Waals surface area contributed by atoms with E-state index in [2.05, 4.69) is 0 Å². The van der Waals surface area contributed by atoms with Crippen LogP contribution in [0.1, 0.15) is 33.2 Å². The average molecular weight is 386 g/mol. The fourth-order valence-electron chi connectivity index (χ4n) is 2.98. The minimum absolute atomic E-state index is 0.199. The number of carbonyl (C=O) groups is 2. The van der Waals surface area contributed by atoms with Crippen LogP contribution >= 0.6 is 0 Å². The summed E-state index contributed by atoms with van der Waals surface area (Å²) in [6.07, 6.45) is 1.63. The molecule has 4 rings (SSSR count). The second kappa shape index (κ2) is 8.02. The van der Waals surface area contributed by atoms with Crippen LogP contribution in [-0.2, 0) is 0 Å². The molecule has 0 N–H and O–H groups in total. The SMILES string of the molecule is CCOc1ccc2c(c1)O/C(=C\c1cccc(OC(=O)c3ccccc3)c1)C2=O. The molecule has 5 nitrogen and oxygen atoms in total. The highest BCUT2D eigenvalue weighted by atomic mass is 16.5. The summed E-state index contributed by atoms with van der Waals surface area (Å²) in [5.74, 6) is 1.07. The number of ketones is 1. The Bertz CT molecular complexity index is 1100. The highest BCUT2D eigenvalue weighted by Crippen LogP contribution is 2.35. The smallest absolute Gasteiger partial charge is 0.343 e. The van der Waals surface area contributed by atoms with Crippen molar-refractivity contribution in [3.05, 3.63) is 95.2 Å². The maximum atomic E-state index is 12.6. The molecule has 0 saturated carbocycles. The number of Topliss-reactive ketones (excluding diaryl/α,β-unsaturated/α-hetero) is 1. The lowest BCUT2D eigenvalue weighted by Gasteiger charge is -2.05. The van der Waals surface area contributed by atoms with Crippen LogP contribution in [0.2, 0.25) is 0 Å². The highest BCUT2D eigenvalue weighted by Gasteiger charge is 2.27. The van der Waals surface area contributed by atoms with E-state index in [9.17, 15) is 9.59 Å². The van der Waals surface area contributed by atoms with Gasteiger partial charge in [0.25, 0.3) is 0 Å². The molecule has 0 saturated heterocycles. The molecule has 1 aliphatic heterocycles. The Morgan fingerprint density at radius 1 is 0.966 bits per heavy atom. The van der Waals surface area contributed by atoms with E-state index in [0.717, 1.165) is 0 Å². The summed E-state index contributed by atoms with van der Waals surface area (Å²) in [4.78, 5) is 24.8. The lowest BCUT2D eigenvalue weighted by Crippen LogP contribution is -2.08.